The number of nitrogens with zero attached hydrogens (tertiary/aromatic N) is 2. The first-order chi connectivity index (χ1) is 13.9. The molecule has 10 heteroatoms. The van der Waals surface area contributed by atoms with E-state index >= 15 is 0 Å². The molecule has 5 nitrogen and oxygen atoms in total. The molecule has 152 valence electrons. The van der Waals surface area contributed by atoms with E-state index < -0.39 is 24.2 Å². The first-order valence-electron chi connectivity index (χ1n) is 8.77. The van der Waals surface area contributed by atoms with Crippen LogP contribution in [0.1, 0.15) is 33.7 Å². The molecule has 2 atom stereocenters. The Kier molecular flexibility index (Phi) is 5.30. The van der Waals surface area contributed by atoms with Crippen LogP contribution in [0.2, 0.25) is 0 Å². The highest BCUT2D eigenvalue weighted by molar-refractivity contribution is 7.98. The van der Waals surface area contributed by atoms with Crippen LogP contribution in [0.15, 0.2) is 52.9 Å². The lowest BCUT2D eigenvalue weighted by Crippen LogP contribution is -2.36. The van der Waals surface area contributed by atoms with Gasteiger partial charge in [0.25, 0.3) is 5.91 Å². The Morgan fingerprint density at radius 1 is 1.31 bits per heavy atom. The molecule has 4 rings (SSSR count). The largest absolute Gasteiger partial charge is 0.410 e. The van der Waals surface area contributed by atoms with Gasteiger partial charge in [-0.2, -0.15) is 18.3 Å². The molecule has 0 unspecified atom stereocenters. The Bertz CT molecular complexity index is 1020. The van der Waals surface area contributed by atoms with Crippen molar-refractivity contribution in [2.75, 3.05) is 16.9 Å². The predicted octanol–water partition coefficient (Wildman–Crippen LogP) is 5.58. The maximum absolute atomic E-state index is 13.7. The van der Waals surface area contributed by atoms with E-state index in [-0.39, 0.29) is 17.8 Å². The van der Waals surface area contributed by atoms with E-state index in [2.05, 4.69) is 15.7 Å². The number of nitrogens with one attached hydrogen (secondary N) is 2. The molecule has 1 aliphatic heterocycles. The third-order valence-electron chi connectivity index (χ3n) is 4.72. The summed E-state index contributed by atoms with van der Waals surface area (Å²) in [5, 5.41) is 11.6. The summed E-state index contributed by atoms with van der Waals surface area (Å²) in [6, 6.07) is 8.48. The molecule has 0 fully saturated rings. The minimum Gasteiger partial charge on any atom is -0.362 e. The zero-order valence-corrected chi connectivity index (χ0v) is 16.9. The zero-order chi connectivity index (χ0) is 20.6. The average Bonchev–Trinajstić information content (AvgIpc) is 3.36. The van der Waals surface area contributed by atoms with Gasteiger partial charge in [0.2, 0.25) is 0 Å². The van der Waals surface area contributed by atoms with Gasteiger partial charge in [-0.25, -0.2) is 4.68 Å². The molecule has 2 N–H and O–H groups in total. The number of thioether (sulfide) groups is 1. The first-order valence-corrected chi connectivity index (χ1v) is 10.9. The highest BCUT2D eigenvalue weighted by atomic mass is 32.2. The summed E-state index contributed by atoms with van der Waals surface area (Å²) in [7, 11) is 0. The Balaban J connectivity index is 1.69. The van der Waals surface area contributed by atoms with E-state index in [4.69, 9.17) is 0 Å². The smallest absolute Gasteiger partial charge is 0.362 e. The number of amides is 1. The Hall–Kier alpha value is -2.46. The van der Waals surface area contributed by atoms with Gasteiger partial charge >= 0.3 is 6.18 Å². The minimum absolute atomic E-state index is 0.0797. The lowest BCUT2D eigenvalue weighted by Gasteiger charge is -2.33. The molecule has 0 bridgehead atoms. The van der Waals surface area contributed by atoms with Crippen LogP contribution in [0.4, 0.5) is 24.7 Å². The average molecular weight is 439 g/mol. The van der Waals surface area contributed by atoms with Gasteiger partial charge in [0.1, 0.15) is 11.4 Å². The third kappa shape index (κ3) is 3.86. The van der Waals surface area contributed by atoms with Crippen LogP contribution >= 0.6 is 23.1 Å². The number of halogens is 3. The highest BCUT2D eigenvalue weighted by Gasteiger charge is 2.47. The number of benzene rings is 1. The summed E-state index contributed by atoms with van der Waals surface area (Å²) >= 11 is 2.85. The van der Waals surface area contributed by atoms with Crippen LogP contribution in [0, 0.1) is 0 Å². The van der Waals surface area contributed by atoms with Crippen LogP contribution in [0.3, 0.4) is 0 Å². The van der Waals surface area contributed by atoms with Crippen LogP contribution in [-0.2, 0) is 0 Å². The van der Waals surface area contributed by atoms with Crippen LogP contribution < -0.4 is 10.6 Å². The summed E-state index contributed by atoms with van der Waals surface area (Å²) in [5.41, 5.74) is 0.680. The summed E-state index contributed by atoms with van der Waals surface area (Å²) in [6.07, 6.45) is -1.59. The van der Waals surface area contributed by atoms with Crippen molar-refractivity contribution in [3.8, 4) is 0 Å². The Morgan fingerprint density at radius 2 is 2.10 bits per heavy atom. The molecule has 3 aromatic rings. The van der Waals surface area contributed by atoms with Crippen LogP contribution in [0.25, 0.3) is 0 Å². The summed E-state index contributed by atoms with van der Waals surface area (Å²) in [4.78, 5) is 14.5. The maximum Gasteiger partial charge on any atom is 0.410 e. The fraction of sp³-hybridized carbons (Fsp3) is 0.263. The molecule has 2 aromatic heterocycles. The SMILES string of the molecule is CSc1ccccc1NC(=O)c1cnn2c1N[C@H](c1cccs1)C[C@H]2C(F)(F)F. The molecule has 1 amide bonds. The zero-order valence-electron chi connectivity index (χ0n) is 15.2. The van der Waals surface area contributed by atoms with E-state index in [9.17, 15) is 18.0 Å². The second-order valence-corrected chi connectivity index (χ2v) is 8.34. The first kappa shape index (κ1) is 19.8. The molecule has 0 aliphatic carbocycles. The number of hydrogen-bond donors (Lipinski definition) is 2. The number of thiophene rings is 1. The van der Waals surface area contributed by atoms with Crippen molar-refractivity contribution in [2.24, 2.45) is 0 Å². The number of alkyl halides is 3. The summed E-state index contributed by atoms with van der Waals surface area (Å²) in [6.45, 7) is 0. The summed E-state index contributed by atoms with van der Waals surface area (Å²) < 4.78 is 42.0. The number of aromatic nitrogens is 2. The van der Waals surface area contributed by atoms with Crippen molar-refractivity contribution in [3.63, 3.8) is 0 Å². The number of carbonyl (C=O) groups excluding carboxylic acids is 1. The maximum atomic E-state index is 13.7. The molecular formula is C19H17F3N4OS2. The quantitative estimate of drug-likeness (QED) is 0.522. The fourth-order valence-corrected chi connectivity index (χ4v) is 4.69. The molecule has 0 saturated heterocycles. The lowest BCUT2D eigenvalue weighted by molar-refractivity contribution is -0.173. The third-order valence-corrected chi connectivity index (χ3v) is 6.51. The van der Waals surface area contributed by atoms with E-state index in [1.165, 1.54) is 29.3 Å². The molecular weight excluding hydrogens is 421 g/mol. The van der Waals surface area contributed by atoms with Gasteiger partial charge in [-0.1, -0.05) is 18.2 Å². The van der Waals surface area contributed by atoms with E-state index in [0.29, 0.717) is 5.69 Å². The number of rotatable bonds is 4. The molecule has 1 aromatic carbocycles. The molecule has 29 heavy (non-hydrogen) atoms. The number of fused-ring (bicyclic) bond motifs is 1. The van der Waals surface area contributed by atoms with Crippen molar-refractivity contribution in [1.82, 2.24) is 9.78 Å². The van der Waals surface area contributed by atoms with Gasteiger partial charge in [-0.15, -0.1) is 23.1 Å². The number of carbonyl (C=O) groups is 1. The molecule has 0 spiro atoms. The van der Waals surface area contributed by atoms with Crippen molar-refractivity contribution >= 4 is 40.5 Å². The second-order valence-electron chi connectivity index (χ2n) is 6.51. The van der Waals surface area contributed by atoms with Gasteiger partial charge in [0.15, 0.2) is 6.04 Å². The van der Waals surface area contributed by atoms with E-state index in [1.807, 2.05) is 23.8 Å². The van der Waals surface area contributed by atoms with Crippen LogP contribution in [-0.4, -0.2) is 28.1 Å². The van der Waals surface area contributed by atoms with Crippen molar-refractivity contribution in [1.29, 1.82) is 0 Å². The number of para-hydroxylation sites is 1. The predicted molar refractivity (Wildman–Crippen MR) is 109 cm³/mol. The van der Waals surface area contributed by atoms with Gasteiger partial charge in [-0.3, -0.25) is 4.79 Å². The minimum atomic E-state index is -4.47. The van der Waals surface area contributed by atoms with Gasteiger partial charge in [0.05, 0.1) is 17.9 Å². The second kappa shape index (κ2) is 7.75. The van der Waals surface area contributed by atoms with E-state index in [0.717, 1.165) is 14.5 Å². The fourth-order valence-electron chi connectivity index (χ4n) is 3.34. The molecule has 0 saturated carbocycles. The topological polar surface area (TPSA) is 59.0 Å². The van der Waals surface area contributed by atoms with Crippen LogP contribution in [0.5, 0.6) is 0 Å². The van der Waals surface area contributed by atoms with Crippen molar-refractivity contribution in [3.05, 3.63) is 58.4 Å². The molecule has 3 heterocycles. The van der Waals surface area contributed by atoms with Gasteiger partial charge in [-0.05, 0) is 29.8 Å². The van der Waals surface area contributed by atoms with Gasteiger partial charge in [0, 0.05) is 16.2 Å². The van der Waals surface area contributed by atoms with Gasteiger partial charge < -0.3 is 10.6 Å². The molecule has 1 aliphatic rings. The number of anilines is 2. The van der Waals surface area contributed by atoms with E-state index in [1.54, 1.807) is 24.3 Å². The standard InChI is InChI=1S/C19H17F3N4OS2/c1-28-14-6-3-2-5-12(14)25-18(27)11-10-23-26-16(19(20,21)22)9-13(24-17(11)26)15-7-4-8-29-15/h2-8,10,13,16,24H,9H2,1H3,(H,25,27)/t13-,16-/m0/s1. The van der Waals surface area contributed by atoms with Crippen molar-refractivity contribution < 1.29 is 18.0 Å². The molecule has 0 radical (unpaired) electrons. The van der Waals surface area contributed by atoms with Crippen molar-refractivity contribution in [2.45, 2.75) is 29.6 Å². The Labute approximate surface area is 173 Å². The highest BCUT2D eigenvalue weighted by Crippen LogP contribution is 2.45. The summed E-state index contributed by atoms with van der Waals surface area (Å²) in [5.74, 6) is -0.427. The monoisotopic (exact) mass is 438 g/mol. The Morgan fingerprint density at radius 3 is 2.79 bits per heavy atom. The normalized spacial score (nSPS) is 18.8. The number of hydrogen-bond acceptors (Lipinski definition) is 5. The lowest BCUT2D eigenvalue weighted by atomic mass is 10.0.